The number of carbonyl (C=O) groups is 2. The predicted molar refractivity (Wildman–Crippen MR) is 128 cm³/mol. The molecular weight excluding hydrogens is 615 g/mol. The van der Waals surface area contributed by atoms with Crippen LogP contribution in [-0.4, -0.2) is 32.5 Å². The second-order valence-corrected chi connectivity index (χ2v) is 8.83. The van der Waals surface area contributed by atoms with Gasteiger partial charge in [-0.15, -0.1) is 13.2 Å². The fraction of sp³-hybridized carbons (Fsp3) is 0.174. The van der Waals surface area contributed by atoms with Crippen LogP contribution in [0.5, 0.6) is 5.75 Å². The highest BCUT2D eigenvalue weighted by molar-refractivity contribution is 9.11. The minimum Gasteiger partial charge on any atom is -0.466 e. The van der Waals surface area contributed by atoms with E-state index in [-0.39, 0.29) is 37.3 Å². The lowest BCUT2D eigenvalue weighted by atomic mass is 9.81. The second kappa shape index (κ2) is 10.6. The number of esters is 2. The minimum atomic E-state index is -4.96. The first-order chi connectivity index (χ1) is 16.9. The third-order valence-electron chi connectivity index (χ3n) is 5.06. The Labute approximate surface area is 220 Å². The Bertz CT molecular complexity index is 1300. The minimum absolute atomic E-state index is 0.00286. The summed E-state index contributed by atoms with van der Waals surface area (Å²) >= 11 is 6.34. The Balaban J connectivity index is 2.40. The third-order valence-corrected chi connectivity index (χ3v) is 6.27. The molecular formula is C23H16Br2F3N3O5. The molecule has 3 rings (SSSR count). The zero-order valence-corrected chi connectivity index (χ0v) is 21.7. The molecule has 0 bridgehead atoms. The summed E-state index contributed by atoms with van der Waals surface area (Å²) in [5.74, 6) is -3.89. The fourth-order valence-corrected chi connectivity index (χ4v) is 5.19. The maximum Gasteiger partial charge on any atom is 0.573 e. The first kappa shape index (κ1) is 27.1. The van der Waals surface area contributed by atoms with Gasteiger partial charge >= 0.3 is 18.3 Å². The van der Waals surface area contributed by atoms with Crippen LogP contribution in [0.25, 0.3) is 0 Å². The molecule has 1 unspecified atom stereocenters. The molecule has 0 radical (unpaired) electrons. The maximum atomic E-state index is 13.1. The molecule has 188 valence electrons. The summed E-state index contributed by atoms with van der Waals surface area (Å²) in [6, 6.07) is 12.3. The number of allylic oxidation sites excluding steroid dienone is 1. The maximum absolute atomic E-state index is 13.1. The van der Waals surface area contributed by atoms with Gasteiger partial charge in [-0.2, -0.15) is 5.26 Å². The van der Waals surface area contributed by atoms with Crippen molar-refractivity contribution in [1.82, 2.24) is 0 Å². The van der Waals surface area contributed by atoms with Crippen molar-refractivity contribution in [2.45, 2.75) is 12.3 Å². The van der Waals surface area contributed by atoms with E-state index < -0.39 is 30.0 Å². The topological polar surface area (TPSA) is 115 Å². The number of halogens is 5. The molecule has 1 heterocycles. The number of alkyl halides is 3. The van der Waals surface area contributed by atoms with E-state index in [4.69, 9.17) is 15.2 Å². The number of anilines is 1. The summed E-state index contributed by atoms with van der Waals surface area (Å²) < 4.78 is 52.1. The lowest BCUT2D eigenvalue weighted by Gasteiger charge is -2.36. The second-order valence-electron chi connectivity index (χ2n) is 7.12. The molecule has 0 aliphatic carbocycles. The molecule has 2 N–H and O–H groups in total. The zero-order valence-electron chi connectivity index (χ0n) is 18.5. The molecule has 0 spiro atoms. The van der Waals surface area contributed by atoms with Crippen molar-refractivity contribution in [3.05, 3.63) is 79.6 Å². The quantitative estimate of drug-likeness (QED) is 0.459. The van der Waals surface area contributed by atoms with E-state index in [9.17, 15) is 28.0 Å². The summed E-state index contributed by atoms with van der Waals surface area (Å²) in [7, 11) is 2.17. The van der Waals surface area contributed by atoms with Crippen LogP contribution in [0, 0.1) is 11.3 Å². The van der Waals surface area contributed by atoms with Crippen LogP contribution in [0.15, 0.2) is 74.1 Å². The van der Waals surface area contributed by atoms with E-state index in [0.29, 0.717) is 5.56 Å². The highest BCUT2D eigenvalue weighted by Crippen LogP contribution is 2.48. The normalized spacial score (nSPS) is 15.9. The number of benzene rings is 2. The van der Waals surface area contributed by atoms with Crippen LogP contribution in [0.3, 0.4) is 0 Å². The summed E-state index contributed by atoms with van der Waals surface area (Å²) in [5, 5.41) is 10.0. The van der Waals surface area contributed by atoms with Gasteiger partial charge < -0.3 is 19.9 Å². The predicted octanol–water partition coefficient (Wildman–Crippen LogP) is 5.01. The summed E-state index contributed by atoms with van der Waals surface area (Å²) in [6.45, 7) is 0. The molecule has 1 aliphatic heterocycles. The molecule has 2 aromatic carbocycles. The van der Waals surface area contributed by atoms with Crippen molar-refractivity contribution in [1.29, 1.82) is 5.26 Å². The Kier molecular flexibility index (Phi) is 8.00. The van der Waals surface area contributed by atoms with E-state index in [1.807, 2.05) is 6.07 Å². The summed E-state index contributed by atoms with van der Waals surface area (Å²) in [6.07, 6.45) is -4.96. The Morgan fingerprint density at radius 2 is 1.61 bits per heavy atom. The number of hydrogen-bond acceptors (Lipinski definition) is 8. The lowest BCUT2D eigenvalue weighted by Crippen LogP contribution is -2.41. The molecule has 8 nitrogen and oxygen atoms in total. The molecule has 0 amide bonds. The fourth-order valence-electron chi connectivity index (χ4n) is 3.69. The van der Waals surface area contributed by atoms with Crippen molar-refractivity contribution in [3.8, 4) is 11.8 Å². The number of methoxy groups -OCH3 is 2. The van der Waals surface area contributed by atoms with E-state index in [0.717, 1.165) is 31.3 Å². The van der Waals surface area contributed by atoms with E-state index in [1.54, 1.807) is 30.3 Å². The smallest absolute Gasteiger partial charge is 0.466 e. The standard InChI is InChI=1S/C23H16Br2F3N3O5/c1-34-21(32)17-16(11-6-4-3-5-7-11)13(10-29)20(30)31(19(17)22(33)35-2)18-14(24)8-12(9-15(18)25)36-23(26,27)28/h3-9,16H,30H2,1-2H3. The van der Waals surface area contributed by atoms with Gasteiger partial charge in [0.05, 0.1) is 43.0 Å². The molecule has 0 aromatic heterocycles. The number of nitrogens with two attached hydrogens (primary N) is 1. The molecule has 0 saturated carbocycles. The van der Waals surface area contributed by atoms with Crippen LogP contribution < -0.4 is 15.4 Å². The average Bonchev–Trinajstić information content (AvgIpc) is 2.82. The van der Waals surface area contributed by atoms with Crippen molar-refractivity contribution in [3.63, 3.8) is 0 Å². The van der Waals surface area contributed by atoms with Gasteiger partial charge in [0.25, 0.3) is 0 Å². The van der Waals surface area contributed by atoms with Crippen LogP contribution in [0.2, 0.25) is 0 Å². The Morgan fingerprint density at radius 1 is 1.06 bits per heavy atom. The van der Waals surface area contributed by atoms with Crippen LogP contribution in [0.4, 0.5) is 18.9 Å². The monoisotopic (exact) mass is 629 g/mol. The van der Waals surface area contributed by atoms with Gasteiger partial charge in [-0.25, -0.2) is 9.59 Å². The average molecular weight is 631 g/mol. The number of carbonyl (C=O) groups excluding carboxylic acids is 2. The number of hydrogen-bond donors (Lipinski definition) is 1. The van der Waals surface area contributed by atoms with Crippen LogP contribution >= 0.6 is 31.9 Å². The van der Waals surface area contributed by atoms with Gasteiger partial charge in [0.2, 0.25) is 0 Å². The third kappa shape index (κ3) is 5.19. The first-order valence-corrected chi connectivity index (χ1v) is 11.4. The van der Waals surface area contributed by atoms with Gasteiger partial charge in [0, 0.05) is 8.95 Å². The van der Waals surface area contributed by atoms with Crippen molar-refractivity contribution >= 4 is 49.5 Å². The number of ether oxygens (including phenoxy) is 3. The molecule has 2 aromatic rings. The Morgan fingerprint density at radius 3 is 2.08 bits per heavy atom. The van der Waals surface area contributed by atoms with Crippen LogP contribution in [0.1, 0.15) is 11.5 Å². The van der Waals surface area contributed by atoms with Gasteiger partial charge in [-0.3, -0.25) is 4.90 Å². The van der Waals surface area contributed by atoms with Crippen LogP contribution in [-0.2, 0) is 19.1 Å². The van der Waals surface area contributed by atoms with Gasteiger partial charge in [-0.05, 0) is 49.6 Å². The molecule has 0 fully saturated rings. The molecule has 13 heteroatoms. The van der Waals surface area contributed by atoms with Gasteiger partial charge in [0.1, 0.15) is 17.3 Å². The molecule has 1 atom stereocenters. The molecule has 36 heavy (non-hydrogen) atoms. The summed E-state index contributed by atoms with van der Waals surface area (Å²) in [5.41, 5.74) is 6.11. The summed E-state index contributed by atoms with van der Waals surface area (Å²) in [4.78, 5) is 27.2. The molecule has 1 aliphatic rings. The van der Waals surface area contributed by atoms with Gasteiger partial charge in [0.15, 0.2) is 0 Å². The van der Waals surface area contributed by atoms with E-state index >= 15 is 0 Å². The van der Waals surface area contributed by atoms with E-state index in [2.05, 4.69) is 36.6 Å². The lowest BCUT2D eigenvalue weighted by molar-refractivity contribution is -0.274. The highest BCUT2D eigenvalue weighted by Gasteiger charge is 2.44. The number of rotatable bonds is 5. The van der Waals surface area contributed by atoms with Crippen molar-refractivity contribution < 1.29 is 37.0 Å². The molecule has 0 saturated heterocycles. The highest BCUT2D eigenvalue weighted by atomic mass is 79.9. The SMILES string of the molecule is COC(=O)C1=C(C(=O)OC)N(c2c(Br)cc(OC(F)(F)F)cc2Br)C(N)=C(C#N)C1c1ccccc1. The van der Waals surface area contributed by atoms with Crippen molar-refractivity contribution in [2.24, 2.45) is 5.73 Å². The van der Waals surface area contributed by atoms with Crippen molar-refractivity contribution in [2.75, 3.05) is 19.1 Å². The number of nitriles is 1. The Hall–Kier alpha value is -3.50. The van der Waals surface area contributed by atoms with Gasteiger partial charge in [-0.1, -0.05) is 30.3 Å². The van der Waals surface area contributed by atoms with E-state index in [1.165, 1.54) is 0 Å². The number of nitrogens with zero attached hydrogens (tertiary/aromatic N) is 2. The first-order valence-electron chi connectivity index (χ1n) is 9.85. The largest absolute Gasteiger partial charge is 0.573 e. The zero-order chi connectivity index (χ0) is 26.8.